The Balaban J connectivity index is 0.000000189. The van der Waals surface area contributed by atoms with Gasteiger partial charge in [0, 0.05) is 94.8 Å². The van der Waals surface area contributed by atoms with Crippen LogP contribution in [0.5, 0.6) is 11.5 Å². The summed E-state index contributed by atoms with van der Waals surface area (Å²) in [4.78, 5) is 27.5. The minimum Gasteiger partial charge on any atom is -0.744 e. The molecule has 17 nitrogen and oxygen atoms in total. The number of hydrogen-bond acceptors (Lipinski definition) is 13. The average Bonchev–Trinajstić information content (AvgIpc) is 0.753. The number of fused-ring (bicyclic) bond motifs is 4. The molecule has 4 aliphatic rings. The van der Waals surface area contributed by atoms with Gasteiger partial charge in [-0.2, -0.15) is 0 Å². The molecule has 0 amide bonds. The smallest absolute Gasteiger partial charge is 0.336 e. The molecule has 0 fully saturated rings. The van der Waals surface area contributed by atoms with E-state index in [1.807, 2.05) is 24.3 Å². The Kier molecular flexibility index (Phi) is 27.2. The number of carboxylic acids is 2. The molecule has 19 heteroatoms. The molecule has 2 heterocycles. The fourth-order valence-corrected chi connectivity index (χ4v) is 14.2. The zero-order valence-electron chi connectivity index (χ0n) is 58.5. The summed E-state index contributed by atoms with van der Waals surface area (Å²) in [7, 11) is -9.73. The first-order chi connectivity index (χ1) is 47.7. The molecule has 0 atom stereocenters. The lowest BCUT2D eigenvalue weighted by Crippen LogP contribution is -2.29. The van der Waals surface area contributed by atoms with Gasteiger partial charge in [0.2, 0.25) is 10.7 Å². The third-order valence-corrected chi connectivity index (χ3v) is 19.9. The topological polar surface area (TPSA) is 237 Å². The van der Waals surface area contributed by atoms with Gasteiger partial charge in [0.15, 0.2) is 0 Å². The van der Waals surface area contributed by atoms with E-state index in [9.17, 15) is 45.7 Å². The fourth-order valence-electron chi connectivity index (χ4n) is 13.0. The third kappa shape index (κ3) is 18.6. The molecular formula is C80H94N4O13S2. The van der Waals surface area contributed by atoms with Crippen molar-refractivity contribution in [1.29, 1.82) is 0 Å². The van der Waals surface area contributed by atoms with Crippen molar-refractivity contribution in [3.63, 3.8) is 0 Å². The van der Waals surface area contributed by atoms with Gasteiger partial charge in [0.25, 0.3) is 0 Å². The lowest BCUT2D eigenvalue weighted by Gasteiger charge is -2.22. The second-order valence-corrected chi connectivity index (χ2v) is 26.9. The summed E-state index contributed by atoms with van der Waals surface area (Å²) in [6.45, 7) is 26.5. The number of carbonyl (C=O) groups is 2. The van der Waals surface area contributed by atoms with Gasteiger partial charge in [-0.1, -0.05) is 125 Å². The predicted molar refractivity (Wildman–Crippen MR) is 395 cm³/mol. The molecule has 2 aliphatic carbocycles. The number of rotatable bonds is 29. The van der Waals surface area contributed by atoms with Gasteiger partial charge in [-0.3, -0.25) is 0 Å². The Morgan fingerprint density at radius 2 is 0.848 bits per heavy atom. The summed E-state index contributed by atoms with van der Waals surface area (Å²) in [5.41, 5.74) is 9.71. The number of benzene rings is 8. The molecule has 0 saturated heterocycles. The van der Waals surface area contributed by atoms with Crippen molar-refractivity contribution < 1.29 is 59.3 Å². The predicted octanol–water partition coefficient (Wildman–Crippen LogP) is 16.9. The first-order valence-electron chi connectivity index (χ1n) is 34.8. The largest absolute Gasteiger partial charge is 0.744 e. The summed E-state index contributed by atoms with van der Waals surface area (Å²) >= 11 is 0. The van der Waals surface area contributed by atoms with Crippen LogP contribution >= 0.6 is 0 Å². The Labute approximate surface area is 583 Å². The number of aryl methyl sites for hydroxylation is 1. The van der Waals surface area contributed by atoms with Crippen molar-refractivity contribution in [3.8, 4) is 56.4 Å². The van der Waals surface area contributed by atoms with E-state index in [4.69, 9.17) is 13.6 Å². The maximum Gasteiger partial charge on any atom is 0.336 e. The molecule has 0 aromatic heterocycles. The lowest BCUT2D eigenvalue weighted by molar-refractivity contribution is 0.0687. The van der Waals surface area contributed by atoms with E-state index in [-0.39, 0.29) is 22.6 Å². The summed E-state index contributed by atoms with van der Waals surface area (Å²) in [5, 5.41) is 23.8. The summed E-state index contributed by atoms with van der Waals surface area (Å²) in [5.74, 6) is -0.913. The highest BCUT2D eigenvalue weighted by atomic mass is 32.2. The normalized spacial score (nSPS) is 11.5. The van der Waals surface area contributed by atoms with Crippen LogP contribution < -0.4 is 34.4 Å². The second kappa shape index (κ2) is 35.6. The maximum atomic E-state index is 12.1. The highest BCUT2D eigenvalue weighted by Gasteiger charge is 2.26. The van der Waals surface area contributed by atoms with Crippen LogP contribution in [-0.2, 0) is 26.7 Å². The Hall–Kier alpha value is -9.14. The van der Waals surface area contributed by atoms with Crippen LogP contribution in [0.15, 0.2) is 182 Å². The molecule has 6 aromatic carbocycles. The number of unbranched alkanes of at least 4 members (excludes halogenated alkanes) is 9. The first-order valence-corrected chi connectivity index (χ1v) is 37.6. The van der Waals surface area contributed by atoms with E-state index in [1.165, 1.54) is 62.8 Å². The lowest BCUT2D eigenvalue weighted by atomic mass is 9.90. The van der Waals surface area contributed by atoms with E-state index in [2.05, 4.69) is 154 Å². The Morgan fingerprint density at radius 3 is 1.26 bits per heavy atom. The van der Waals surface area contributed by atoms with E-state index >= 15 is 0 Å². The molecular weight excluding hydrogens is 1290 g/mol. The molecule has 6 aromatic rings. The van der Waals surface area contributed by atoms with Gasteiger partial charge >= 0.3 is 11.9 Å². The number of hydrogen-bond donors (Lipinski definition) is 2. The summed E-state index contributed by atoms with van der Waals surface area (Å²) in [6.07, 6.45) is 11.9. The average molecular weight is 1380 g/mol. The van der Waals surface area contributed by atoms with Crippen LogP contribution in [0, 0.1) is 0 Å². The van der Waals surface area contributed by atoms with Crippen molar-refractivity contribution in [1.82, 2.24) is 9.15 Å². The minimum atomic E-state index is -4.88. The zero-order chi connectivity index (χ0) is 71.4. The molecule has 524 valence electrons. The third-order valence-electron chi connectivity index (χ3n) is 18.2. The fraction of sp³-hybridized carbons (Fsp3) is 0.350. The molecule has 10 rings (SSSR count). The number of ether oxygens (including phenoxy) is 1. The SMILES string of the molecule is CCCCCCCCCCCCc1cccc(S(=O)(=O)[O-])c1Oc1ccccc1S(=O)(=O)[O-].CCN(CC)c1ccc2c(-c3ccccc3C(=O)O)c3ccc(=[N+](CC)CC)cc-3oc2c1.CCN(CC)c1ccc2c(-c3ccccc3C(=O)O)c3ccc(=[N+](CC)CC)cc-3oc2c1. The van der Waals surface area contributed by atoms with E-state index in [0.717, 1.165) is 168 Å². The van der Waals surface area contributed by atoms with E-state index < -0.39 is 42.0 Å². The maximum absolute atomic E-state index is 12.1. The number of carboxylic acid groups (broad SMARTS) is 2. The zero-order valence-corrected chi connectivity index (χ0v) is 60.1. The molecule has 0 radical (unpaired) electrons. The quantitative estimate of drug-likeness (QED) is 0.0192. The van der Waals surface area contributed by atoms with Crippen LogP contribution in [0.2, 0.25) is 0 Å². The second-order valence-electron chi connectivity index (χ2n) is 24.2. The van der Waals surface area contributed by atoms with E-state index in [0.29, 0.717) is 23.1 Å². The number of aromatic carboxylic acids is 2. The minimum absolute atomic E-state index is 0.223. The van der Waals surface area contributed by atoms with Crippen LogP contribution in [-0.4, -0.2) is 100 Å². The molecule has 0 unspecified atom stereocenters. The van der Waals surface area contributed by atoms with Crippen molar-refractivity contribution in [3.05, 3.63) is 191 Å². The van der Waals surface area contributed by atoms with Crippen LogP contribution in [0.4, 0.5) is 11.4 Å². The molecule has 99 heavy (non-hydrogen) atoms. The van der Waals surface area contributed by atoms with Crippen molar-refractivity contribution in [2.45, 2.75) is 143 Å². The number of para-hydroxylation sites is 2. The van der Waals surface area contributed by atoms with Crippen molar-refractivity contribution in [2.75, 3.05) is 62.2 Å². The molecule has 2 N–H and O–H groups in total. The van der Waals surface area contributed by atoms with Gasteiger partial charge in [-0.15, -0.1) is 0 Å². The Bertz CT molecular complexity index is 4520. The van der Waals surface area contributed by atoms with Gasteiger partial charge in [0.05, 0.1) is 33.1 Å². The van der Waals surface area contributed by atoms with E-state index in [1.54, 1.807) is 30.3 Å². The Morgan fingerprint density at radius 1 is 0.444 bits per heavy atom. The molecule has 0 saturated carbocycles. The molecule has 0 bridgehead atoms. The van der Waals surface area contributed by atoms with Crippen LogP contribution in [0.25, 0.3) is 66.8 Å². The van der Waals surface area contributed by atoms with Gasteiger partial charge in [-0.25, -0.2) is 35.6 Å². The molecule has 0 spiro atoms. The summed E-state index contributed by atoms with van der Waals surface area (Å²) < 4.78 is 93.2. The number of anilines is 2. The monoisotopic (exact) mass is 1380 g/mol. The van der Waals surface area contributed by atoms with Crippen molar-refractivity contribution >= 4 is 65.5 Å². The van der Waals surface area contributed by atoms with Crippen LogP contribution in [0.1, 0.15) is 153 Å². The standard InChI is InChI=1S/2C28H30N2O3.C24H34O7S2/c2*1-5-29(6-2)19-13-15-23-25(17-19)33-26-18-20(30(7-3)8-4)14-16-24(26)27(23)21-11-9-10-12-22(21)28(31)32;1-2-3-4-5-6-7-8-9-10-11-15-20-16-14-19-23(33(28,29)30)24(20)31-21-17-12-13-18-22(21)32(25,26)27/h2*9-18H,5-8H2,1-4H3;12-14,16-19H,2-11,15H2,1H3,(H,25,26,27)(H,28,29,30). The van der Waals surface area contributed by atoms with Crippen molar-refractivity contribution in [2.24, 2.45) is 0 Å². The highest BCUT2D eigenvalue weighted by molar-refractivity contribution is 7.86. The molecule has 2 aliphatic heterocycles. The summed E-state index contributed by atoms with van der Waals surface area (Å²) in [6, 6.07) is 48.6. The van der Waals surface area contributed by atoms with Gasteiger partial charge in [-0.05, 0) is 152 Å². The number of nitrogens with zero attached hydrogens (tertiary/aromatic N) is 4. The van der Waals surface area contributed by atoms with Gasteiger partial charge in [0.1, 0.15) is 80.6 Å². The van der Waals surface area contributed by atoms with Crippen LogP contribution in [0.3, 0.4) is 0 Å². The van der Waals surface area contributed by atoms with Gasteiger partial charge < -0.3 is 42.7 Å². The highest BCUT2D eigenvalue weighted by Crippen LogP contribution is 2.44. The first kappa shape index (κ1) is 75.6.